The van der Waals surface area contributed by atoms with Crippen LogP contribution in [-0.2, 0) is 29.0 Å². The number of hydrogen-bond acceptors (Lipinski definition) is 5. The Labute approximate surface area is 128 Å². The first kappa shape index (κ1) is 15.7. The van der Waals surface area contributed by atoms with Gasteiger partial charge in [0.15, 0.2) is 0 Å². The molecular weight excluding hydrogens is 282 g/mol. The topological polar surface area (TPSA) is 77.1 Å². The SMILES string of the molecule is COCc1c(C(=O)OC)cnn1Cc1ccc(CC#N)cc1. The van der Waals surface area contributed by atoms with Crippen LogP contribution in [0.3, 0.4) is 0 Å². The van der Waals surface area contributed by atoms with Crippen LogP contribution in [0.4, 0.5) is 0 Å². The summed E-state index contributed by atoms with van der Waals surface area (Å²) in [4.78, 5) is 11.7. The normalized spacial score (nSPS) is 10.2. The standard InChI is InChI=1S/C16H17N3O3/c1-21-11-15-14(16(20)22-2)9-18-19(15)10-13-5-3-12(4-6-13)7-8-17/h3-6,9H,7,10-11H2,1-2H3. The van der Waals surface area contributed by atoms with Crippen molar-refractivity contribution >= 4 is 5.97 Å². The molecule has 2 rings (SSSR count). The lowest BCUT2D eigenvalue weighted by Gasteiger charge is -2.09. The van der Waals surface area contributed by atoms with Crippen molar-refractivity contribution in [3.8, 4) is 6.07 Å². The van der Waals surface area contributed by atoms with Gasteiger partial charge >= 0.3 is 5.97 Å². The van der Waals surface area contributed by atoms with Crippen molar-refractivity contribution in [1.29, 1.82) is 5.26 Å². The van der Waals surface area contributed by atoms with E-state index >= 15 is 0 Å². The molecule has 0 radical (unpaired) electrons. The molecule has 1 aromatic carbocycles. The predicted octanol–water partition coefficient (Wildman–Crippen LogP) is 1.93. The average molecular weight is 299 g/mol. The lowest BCUT2D eigenvalue weighted by molar-refractivity contribution is 0.0595. The number of aromatic nitrogens is 2. The fraction of sp³-hybridized carbons (Fsp3) is 0.312. The Morgan fingerprint density at radius 2 is 1.95 bits per heavy atom. The van der Waals surface area contributed by atoms with Crippen LogP contribution >= 0.6 is 0 Å². The van der Waals surface area contributed by atoms with Gasteiger partial charge in [0.25, 0.3) is 0 Å². The first-order chi connectivity index (χ1) is 10.7. The van der Waals surface area contributed by atoms with Crippen molar-refractivity contribution in [2.24, 2.45) is 0 Å². The summed E-state index contributed by atoms with van der Waals surface area (Å²) in [7, 11) is 2.90. The van der Waals surface area contributed by atoms with Crippen LogP contribution in [0.5, 0.6) is 0 Å². The number of carbonyl (C=O) groups excluding carboxylic acids is 1. The minimum absolute atomic E-state index is 0.275. The molecule has 0 saturated heterocycles. The van der Waals surface area contributed by atoms with Gasteiger partial charge in [0.1, 0.15) is 5.56 Å². The molecule has 0 atom stereocenters. The molecule has 0 aliphatic rings. The maximum absolute atomic E-state index is 11.7. The van der Waals surface area contributed by atoms with E-state index in [1.165, 1.54) is 13.3 Å². The zero-order valence-corrected chi connectivity index (χ0v) is 12.6. The van der Waals surface area contributed by atoms with Crippen LogP contribution in [0.25, 0.3) is 0 Å². The van der Waals surface area contributed by atoms with E-state index in [4.69, 9.17) is 14.7 Å². The highest BCUT2D eigenvalue weighted by molar-refractivity contribution is 5.90. The van der Waals surface area contributed by atoms with Crippen molar-refractivity contribution < 1.29 is 14.3 Å². The molecule has 0 bridgehead atoms. The Hall–Kier alpha value is -2.65. The van der Waals surface area contributed by atoms with Crippen molar-refractivity contribution in [2.45, 2.75) is 19.6 Å². The molecule has 0 amide bonds. The monoisotopic (exact) mass is 299 g/mol. The quantitative estimate of drug-likeness (QED) is 0.762. The van der Waals surface area contributed by atoms with Crippen LogP contribution < -0.4 is 0 Å². The Kier molecular flexibility index (Phi) is 5.28. The van der Waals surface area contributed by atoms with Gasteiger partial charge in [-0.2, -0.15) is 10.4 Å². The summed E-state index contributed by atoms with van der Waals surface area (Å²) in [6.45, 7) is 0.791. The molecule has 114 valence electrons. The molecule has 0 fully saturated rings. The number of rotatable bonds is 6. The van der Waals surface area contributed by atoms with E-state index in [0.29, 0.717) is 24.2 Å². The first-order valence-electron chi connectivity index (χ1n) is 6.76. The van der Waals surface area contributed by atoms with E-state index in [-0.39, 0.29) is 6.61 Å². The summed E-state index contributed by atoms with van der Waals surface area (Å²) in [5.41, 5.74) is 3.08. The maximum Gasteiger partial charge on any atom is 0.341 e. The molecule has 22 heavy (non-hydrogen) atoms. The van der Waals surface area contributed by atoms with Crippen LogP contribution in [-0.4, -0.2) is 30.0 Å². The molecular formula is C16H17N3O3. The second kappa shape index (κ2) is 7.38. The number of methoxy groups -OCH3 is 2. The fourth-order valence-corrected chi connectivity index (χ4v) is 2.14. The van der Waals surface area contributed by atoms with E-state index in [1.54, 1.807) is 11.8 Å². The number of nitrogens with zero attached hydrogens (tertiary/aromatic N) is 3. The summed E-state index contributed by atoms with van der Waals surface area (Å²) in [6, 6.07) is 9.84. The average Bonchev–Trinajstić information content (AvgIpc) is 2.92. The molecule has 2 aromatic rings. The van der Waals surface area contributed by atoms with Gasteiger partial charge in [-0.05, 0) is 11.1 Å². The smallest absolute Gasteiger partial charge is 0.341 e. The van der Waals surface area contributed by atoms with Gasteiger partial charge in [0, 0.05) is 7.11 Å². The van der Waals surface area contributed by atoms with Crippen LogP contribution in [0.15, 0.2) is 30.5 Å². The van der Waals surface area contributed by atoms with Crippen LogP contribution in [0.2, 0.25) is 0 Å². The van der Waals surface area contributed by atoms with Gasteiger partial charge in [-0.1, -0.05) is 24.3 Å². The van der Waals surface area contributed by atoms with Crippen LogP contribution in [0, 0.1) is 11.3 Å². The Balaban J connectivity index is 2.23. The van der Waals surface area contributed by atoms with E-state index in [9.17, 15) is 4.79 Å². The van der Waals surface area contributed by atoms with Crippen molar-refractivity contribution in [1.82, 2.24) is 9.78 Å². The molecule has 6 heteroatoms. The minimum Gasteiger partial charge on any atom is -0.465 e. The first-order valence-corrected chi connectivity index (χ1v) is 6.76. The van der Waals surface area contributed by atoms with Gasteiger partial charge in [-0.15, -0.1) is 0 Å². The zero-order chi connectivity index (χ0) is 15.9. The Morgan fingerprint density at radius 1 is 1.27 bits per heavy atom. The van der Waals surface area contributed by atoms with Gasteiger partial charge < -0.3 is 9.47 Å². The molecule has 0 unspecified atom stereocenters. The third-order valence-electron chi connectivity index (χ3n) is 3.27. The molecule has 0 spiro atoms. The lowest BCUT2D eigenvalue weighted by atomic mass is 10.1. The third kappa shape index (κ3) is 3.51. The number of nitriles is 1. The highest BCUT2D eigenvalue weighted by Gasteiger charge is 2.17. The number of carbonyl (C=O) groups is 1. The molecule has 6 nitrogen and oxygen atoms in total. The number of hydrogen-bond donors (Lipinski definition) is 0. The molecule has 0 N–H and O–H groups in total. The Morgan fingerprint density at radius 3 is 2.55 bits per heavy atom. The molecule has 1 heterocycles. The lowest BCUT2D eigenvalue weighted by Crippen LogP contribution is -2.11. The summed E-state index contributed by atoms with van der Waals surface area (Å²) in [6.07, 6.45) is 1.88. The number of ether oxygens (including phenoxy) is 2. The highest BCUT2D eigenvalue weighted by Crippen LogP contribution is 2.14. The van der Waals surface area contributed by atoms with Crippen molar-refractivity contribution in [3.05, 3.63) is 52.8 Å². The summed E-state index contributed by atoms with van der Waals surface area (Å²) >= 11 is 0. The summed E-state index contributed by atoms with van der Waals surface area (Å²) in [5.74, 6) is -0.428. The molecule has 1 aromatic heterocycles. The zero-order valence-electron chi connectivity index (χ0n) is 12.6. The second-order valence-corrected chi connectivity index (χ2v) is 4.74. The molecule has 0 aliphatic carbocycles. The summed E-state index contributed by atoms with van der Waals surface area (Å²) in [5, 5.41) is 12.9. The largest absolute Gasteiger partial charge is 0.465 e. The van der Waals surface area contributed by atoms with Crippen LogP contribution in [0.1, 0.15) is 27.2 Å². The fourth-order valence-electron chi connectivity index (χ4n) is 2.14. The number of esters is 1. The maximum atomic E-state index is 11.7. The van der Waals surface area contributed by atoms with Gasteiger partial charge in [0.05, 0.1) is 44.6 Å². The number of benzene rings is 1. The highest BCUT2D eigenvalue weighted by atomic mass is 16.5. The van der Waals surface area contributed by atoms with E-state index in [1.807, 2.05) is 24.3 Å². The van der Waals surface area contributed by atoms with E-state index in [2.05, 4.69) is 11.2 Å². The van der Waals surface area contributed by atoms with Crippen molar-refractivity contribution in [2.75, 3.05) is 14.2 Å². The predicted molar refractivity (Wildman–Crippen MR) is 79.1 cm³/mol. The second-order valence-electron chi connectivity index (χ2n) is 4.74. The summed E-state index contributed by atoms with van der Waals surface area (Å²) < 4.78 is 11.6. The van der Waals surface area contributed by atoms with Gasteiger partial charge in [-0.3, -0.25) is 4.68 Å². The van der Waals surface area contributed by atoms with Crippen molar-refractivity contribution in [3.63, 3.8) is 0 Å². The van der Waals surface area contributed by atoms with E-state index in [0.717, 1.165) is 11.1 Å². The van der Waals surface area contributed by atoms with Gasteiger partial charge in [-0.25, -0.2) is 4.79 Å². The third-order valence-corrected chi connectivity index (χ3v) is 3.27. The molecule has 0 aliphatic heterocycles. The Bertz CT molecular complexity index is 684. The minimum atomic E-state index is -0.428. The van der Waals surface area contributed by atoms with E-state index < -0.39 is 5.97 Å². The molecule has 0 saturated carbocycles. The van der Waals surface area contributed by atoms with Gasteiger partial charge in [0.2, 0.25) is 0 Å².